The monoisotopic (exact) mass is 168 g/mol. The molecule has 1 nitrogen and oxygen atoms in total. The van der Waals surface area contributed by atoms with Gasteiger partial charge in [-0.1, -0.05) is 6.92 Å². The molecule has 0 amide bonds. The molecule has 1 rings (SSSR count). The minimum absolute atomic E-state index is 0.0702. The van der Waals surface area contributed by atoms with Crippen LogP contribution in [0.5, 0.6) is 0 Å². The molecular formula is C6H10Cl2O. The minimum atomic E-state index is -0.659. The lowest BCUT2D eigenvalue weighted by Crippen LogP contribution is -2.07. The van der Waals surface area contributed by atoms with Gasteiger partial charge < -0.3 is 5.11 Å². The average molecular weight is 169 g/mol. The van der Waals surface area contributed by atoms with Crippen molar-refractivity contribution in [1.29, 1.82) is 0 Å². The quantitative estimate of drug-likeness (QED) is 0.593. The number of hydrogen-bond donors (Lipinski definition) is 1. The maximum atomic E-state index is 9.03. The van der Waals surface area contributed by atoms with Crippen LogP contribution >= 0.6 is 23.2 Å². The highest BCUT2D eigenvalue weighted by molar-refractivity contribution is 6.51. The van der Waals surface area contributed by atoms with Gasteiger partial charge in [-0.05, 0) is 12.8 Å². The van der Waals surface area contributed by atoms with Crippen LogP contribution in [0.15, 0.2) is 0 Å². The summed E-state index contributed by atoms with van der Waals surface area (Å²) in [6.07, 6.45) is -0.380. The van der Waals surface area contributed by atoms with Crippen molar-refractivity contribution in [3.63, 3.8) is 0 Å². The summed E-state index contributed by atoms with van der Waals surface area (Å²) in [7, 11) is 0. The van der Waals surface area contributed by atoms with Crippen LogP contribution in [0.1, 0.15) is 13.8 Å². The van der Waals surface area contributed by atoms with Gasteiger partial charge in [-0.3, -0.25) is 0 Å². The predicted molar refractivity (Wildman–Crippen MR) is 38.8 cm³/mol. The second kappa shape index (κ2) is 2.01. The summed E-state index contributed by atoms with van der Waals surface area (Å²) < 4.78 is -0.659. The lowest BCUT2D eigenvalue weighted by molar-refractivity contribution is 0.165. The van der Waals surface area contributed by atoms with E-state index in [1.54, 1.807) is 6.92 Å². The van der Waals surface area contributed by atoms with Gasteiger partial charge in [-0.25, -0.2) is 0 Å². The van der Waals surface area contributed by atoms with Crippen LogP contribution in [-0.2, 0) is 0 Å². The summed E-state index contributed by atoms with van der Waals surface area (Å²) in [5, 5.41) is 9.03. The van der Waals surface area contributed by atoms with Crippen LogP contribution in [0.25, 0.3) is 0 Å². The molecule has 0 aromatic rings. The second-order valence-corrected chi connectivity index (χ2v) is 4.17. The molecule has 1 aliphatic carbocycles. The molecule has 54 valence electrons. The number of aliphatic hydroxyl groups is 1. The standard InChI is InChI=1S/C6H10Cl2O/c1-3-5(4(2)9)6(3,7)8/h3-5,9H,1-2H3/t3-,4+,5+/m1/s1. The van der Waals surface area contributed by atoms with E-state index >= 15 is 0 Å². The highest BCUT2D eigenvalue weighted by atomic mass is 35.5. The number of halogens is 2. The number of rotatable bonds is 1. The lowest BCUT2D eigenvalue weighted by Gasteiger charge is -2.00. The van der Waals surface area contributed by atoms with E-state index in [2.05, 4.69) is 0 Å². The summed E-state index contributed by atoms with van der Waals surface area (Å²) >= 11 is 11.5. The van der Waals surface area contributed by atoms with Crippen molar-refractivity contribution < 1.29 is 5.11 Å². The first-order chi connectivity index (χ1) is 3.98. The fourth-order valence-corrected chi connectivity index (χ4v) is 2.14. The van der Waals surface area contributed by atoms with Crippen molar-refractivity contribution in [2.45, 2.75) is 24.3 Å². The van der Waals surface area contributed by atoms with Crippen molar-refractivity contribution in [3.05, 3.63) is 0 Å². The van der Waals surface area contributed by atoms with Gasteiger partial charge in [0.1, 0.15) is 4.33 Å². The molecule has 0 spiro atoms. The first-order valence-electron chi connectivity index (χ1n) is 3.03. The summed E-state index contributed by atoms with van der Waals surface area (Å²) in [5.74, 6) is 0.307. The van der Waals surface area contributed by atoms with Crippen LogP contribution in [0.3, 0.4) is 0 Å². The van der Waals surface area contributed by atoms with Gasteiger partial charge in [0.05, 0.1) is 6.10 Å². The van der Waals surface area contributed by atoms with Gasteiger partial charge in [0.2, 0.25) is 0 Å². The molecule has 0 radical (unpaired) electrons. The zero-order valence-corrected chi connectivity index (χ0v) is 6.95. The summed E-state index contributed by atoms with van der Waals surface area (Å²) in [6.45, 7) is 3.66. The molecule has 1 aliphatic rings. The molecule has 0 aliphatic heterocycles. The summed E-state index contributed by atoms with van der Waals surface area (Å²) in [6, 6.07) is 0. The topological polar surface area (TPSA) is 20.2 Å². The maximum absolute atomic E-state index is 9.03. The van der Waals surface area contributed by atoms with E-state index in [1.165, 1.54) is 0 Å². The maximum Gasteiger partial charge on any atom is 0.126 e. The van der Waals surface area contributed by atoms with Gasteiger partial charge in [-0.15, -0.1) is 23.2 Å². The normalized spacial score (nSPS) is 42.3. The van der Waals surface area contributed by atoms with Crippen molar-refractivity contribution in [2.75, 3.05) is 0 Å². The molecule has 0 aromatic heterocycles. The average Bonchev–Trinajstić information content (AvgIpc) is 2.07. The Morgan fingerprint density at radius 3 is 1.89 bits per heavy atom. The molecule has 0 unspecified atom stereocenters. The van der Waals surface area contributed by atoms with E-state index < -0.39 is 4.33 Å². The van der Waals surface area contributed by atoms with Crippen LogP contribution in [0.4, 0.5) is 0 Å². The van der Waals surface area contributed by atoms with Gasteiger partial charge in [0, 0.05) is 5.92 Å². The fourth-order valence-electron chi connectivity index (χ4n) is 1.25. The molecule has 9 heavy (non-hydrogen) atoms. The Labute approximate surface area is 65.0 Å². The third-order valence-corrected chi connectivity index (χ3v) is 3.19. The zero-order valence-electron chi connectivity index (χ0n) is 5.44. The molecule has 0 saturated heterocycles. The molecular weight excluding hydrogens is 159 g/mol. The van der Waals surface area contributed by atoms with Crippen LogP contribution < -0.4 is 0 Å². The third kappa shape index (κ3) is 1.06. The van der Waals surface area contributed by atoms with Gasteiger partial charge >= 0.3 is 0 Å². The molecule has 1 saturated carbocycles. The van der Waals surface area contributed by atoms with E-state index in [4.69, 9.17) is 28.3 Å². The molecule has 0 aromatic carbocycles. The largest absolute Gasteiger partial charge is 0.393 e. The van der Waals surface area contributed by atoms with E-state index in [-0.39, 0.29) is 17.9 Å². The molecule has 3 heteroatoms. The number of alkyl halides is 2. The van der Waals surface area contributed by atoms with Crippen LogP contribution in [0, 0.1) is 11.8 Å². The van der Waals surface area contributed by atoms with Gasteiger partial charge in [0.25, 0.3) is 0 Å². The first-order valence-corrected chi connectivity index (χ1v) is 3.79. The Bertz CT molecular complexity index is 122. The Balaban J connectivity index is 2.52. The Kier molecular flexibility index (Phi) is 1.71. The molecule has 1 fully saturated rings. The smallest absolute Gasteiger partial charge is 0.126 e. The van der Waals surface area contributed by atoms with Crippen LogP contribution in [-0.4, -0.2) is 15.5 Å². The highest BCUT2D eigenvalue weighted by Gasteiger charge is 2.62. The predicted octanol–water partition coefficient (Wildman–Crippen LogP) is 1.81. The zero-order chi connectivity index (χ0) is 7.23. The molecule has 1 N–H and O–H groups in total. The third-order valence-electron chi connectivity index (χ3n) is 2.00. The molecule has 0 heterocycles. The van der Waals surface area contributed by atoms with E-state index in [0.717, 1.165) is 0 Å². The van der Waals surface area contributed by atoms with Crippen molar-refractivity contribution in [1.82, 2.24) is 0 Å². The SMILES string of the molecule is C[C@H](O)[C@@H]1[C@@H](C)C1(Cl)Cl. The Hall–Kier alpha value is 0.540. The van der Waals surface area contributed by atoms with Gasteiger partial charge in [-0.2, -0.15) is 0 Å². The Morgan fingerprint density at radius 1 is 1.56 bits per heavy atom. The van der Waals surface area contributed by atoms with Gasteiger partial charge in [0.15, 0.2) is 0 Å². The van der Waals surface area contributed by atoms with Crippen molar-refractivity contribution in [2.24, 2.45) is 11.8 Å². The summed E-state index contributed by atoms with van der Waals surface area (Å²) in [5.41, 5.74) is 0. The fraction of sp³-hybridized carbons (Fsp3) is 1.00. The van der Waals surface area contributed by atoms with E-state index in [9.17, 15) is 0 Å². The molecule has 0 bridgehead atoms. The Morgan fingerprint density at radius 2 is 1.89 bits per heavy atom. The second-order valence-electron chi connectivity index (χ2n) is 2.73. The van der Waals surface area contributed by atoms with Crippen molar-refractivity contribution in [3.8, 4) is 0 Å². The minimum Gasteiger partial charge on any atom is -0.393 e. The van der Waals surface area contributed by atoms with E-state index in [1.807, 2.05) is 6.92 Å². The van der Waals surface area contributed by atoms with Crippen molar-refractivity contribution >= 4 is 23.2 Å². The molecule has 3 atom stereocenters. The first kappa shape index (κ1) is 7.64. The van der Waals surface area contributed by atoms with E-state index in [0.29, 0.717) is 0 Å². The highest BCUT2D eigenvalue weighted by Crippen LogP contribution is 2.60. The number of aliphatic hydroxyl groups excluding tert-OH is 1. The number of hydrogen-bond acceptors (Lipinski definition) is 1. The lowest BCUT2D eigenvalue weighted by atomic mass is 10.2. The summed E-state index contributed by atoms with van der Waals surface area (Å²) in [4.78, 5) is 0. The van der Waals surface area contributed by atoms with Crippen LogP contribution in [0.2, 0.25) is 0 Å².